The van der Waals surface area contributed by atoms with Gasteiger partial charge >= 0.3 is 5.97 Å². The van der Waals surface area contributed by atoms with Gasteiger partial charge in [-0.3, -0.25) is 9.69 Å². The minimum absolute atomic E-state index is 0.0984. The van der Waals surface area contributed by atoms with E-state index in [2.05, 4.69) is 16.0 Å². The number of esters is 1. The zero-order valence-corrected chi connectivity index (χ0v) is 11.5. The normalized spacial score (nSPS) is 24.9. The molecule has 106 valence electrons. The number of nitrogens with zero attached hydrogens (tertiary/aromatic N) is 1. The molecule has 3 N–H and O–H groups in total. The molecule has 2 saturated heterocycles. The second kappa shape index (κ2) is 9.27. The van der Waals surface area contributed by atoms with Gasteiger partial charge in [0.15, 0.2) is 0 Å². The van der Waals surface area contributed by atoms with Gasteiger partial charge in [-0.1, -0.05) is 0 Å². The second-order valence-electron chi connectivity index (χ2n) is 4.45. The van der Waals surface area contributed by atoms with E-state index in [1.165, 1.54) is 0 Å². The first-order chi connectivity index (χ1) is 8.75. The molecule has 0 bridgehead atoms. The van der Waals surface area contributed by atoms with Crippen LogP contribution in [0.2, 0.25) is 0 Å². The van der Waals surface area contributed by atoms with Crippen molar-refractivity contribution in [2.24, 2.45) is 0 Å². The van der Waals surface area contributed by atoms with Crippen LogP contribution >= 0.6 is 0 Å². The average Bonchev–Trinajstić information content (AvgIpc) is 2.42. The van der Waals surface area contributed by atoms with Gasteiger partial charge in [0, 0.05) is 45.8 Å². The van der Waals surface area contributed by atoms with E-state index in [9.17, 15) is 4.79 Å². The third kappa shape index (κ3) is 5.77. The summed E-state index contributed by atoms with van der Waals surface area (Å²) in [6, 6.07) is -0.0984. The van der Waals surface area contributed by atoms with Crippen molar-refractivity contribution in [3.05, 3.63) is 0 Å². The van der Waals surface area contributed by atoms with Gasteiger partial charge < -0.3 is 20.7 Å². The Hall–Kier alpha value is -0.690. The highest BCUT2D eigenvalue weighted by Crippen LogP contribution is 2.01. The van der Waals surface area contributed by atoms with E-state index < -0.39 is 0 Å². The van der Waals surface area contributed by atoms with E-state index in [0.717, 1.165) is 39.3 Å². The van der Waals surface area contributed by atoms with Crippen LogP contribution in [0.1, 0.15) is 6.92 Å². The van der Waals surface area contributed by atoms with Crippen molar-refractivity contribution in [1.82, 2.24) is 20.9 Å². The largest absolute Gasteiger partial charge is 0.465 e. The first kappa shape index (κ1) is 15.4. The second-order valence-corrected chi connectivity index (χ2v) is 4.45. The van der Waals surface area contributed by atoms with Crippen LogP contribution in [0, 0.1) is 0 Å². The van der Waals surface area contributed by atoms with Crippen LogP contribution in [-0.2, 0) is 9.53 Å². The summed E-state index contributed by atoms with van der Waals surface area (Å²) >= 11 is 0. The maximum absolute atomic E-state index is 11.3. The minimum Gasteiger partial charge on any atom is -0.465 e. The number of hydrogen-bond acceptors (Lipinski definition) is 6. The molecule has 2 heterocycles. The fourth-order valence-electron chi connectivity index (χ4n) is 1.91. The van der Waals surface area contributed by atoms with Crippen LogP contribution in [0.3, 0.4) is 0 Å². The lowest BCUT2D eigenvalue weighted by atomic mass is 10.2. The van der Waals surface area contributed by atoms with E-state index >= 15 is 0 Å². The van der Waals surface area contributed by atoms with Crippen LogP contribution < -0.4 is 16.0 Å². The molecule has 1 unspecified atom stereocenters. The van der Waals surface area contributed by atoms with Gasteiger partial charge in [-0.2, -0.15) is 0 Å². The van der Waals surface area contributed by atoms with Crippen molar-refractivity contribution in [2.45, 2.75) is 13.0 Å². The van der Waals surface area contributed by atoms with Crippen molar-refractivity contribution in [3.8, 4) is 0 Å². The molecule has 0 aromatic rings. The summed E-state index contributed by atoms with van der Waals surface area (Å²) < 4.78 is 4.93. The van der Waals surface area contributed by atoms with Gasteiger partial charge in [0.2, 0.25) is 0 Å². The predicted molar refractivity (Wildman–Crippen MR) is 71.7 cm³/mol. The first-order valence-corrected chi connectivity index (χ1v) is 6.74. The third-order valence-corrected chi connectivity index (χ3v) is 3.03. The van der Waals surface area contributed by atoms with Crippen molar-refractivity contribution in [3.63, 3.8) is 0 Å². The van der Waals surface area contributed by atoms with E-state index in [1.807, 2.05) is 18.9 Å². The molecule has 0 radical (unpaired) electrons. The fourth-order valence-corrected chi connectivity index (χ4v) is 1.91. The lowest BCUT2D eigenvalue weighted by Crippen LogP contribution is -2.53. The van der Waals surface area contributed by atoms with Crippen molar-refractivity contribution >= 4 is 5.97 Å². The summed E-state index contributed by atoms with van der Waals surface area (Å²) in [4.78, 5) is 13.3. The first-order valence-electron chi connectivity index (χ1n) is 6.74. The van der Waals surface area contributed by atoms with Gasteiger partial charge in [0.05, 0.1) is 6.61 Å². The maximum atomic E-state index is 11.3. The van der Waals surface area contributed by atoms with Gasteiger partial charge in [-0.05, 0) is 14.0 Å². The smallest absolute Gasteiger partial charge is 0.324 e. The summed E-state index contributed by atoms with van der Waals surface area (Å²) in [5.74, 6) is -0.118. The topological polar surface area (TPSA) is 65.6 Å². The Labute approximate surface area is 109 Å². The highest BCUT2D eigenvalue weighted by Gasteiger charge is 2.26. The zero-order chi connectivity index (χ0) is 13.2. The molecule has 2 fully saturated rings. The summed E-state index contributed by atoms with van der Waals surface area (Å²) in [5, 5.41) is 9.61. The Morgan fingerprint density at radius 1 is 1.17 bits per heavy atom. The van der Waals surface area contributed by atoms with Crippen LogP contribution in [0.25, 0.3) is 0 Å². The summed E-state index contributed by atoms with van der Waals surface area (Å²) in [6.07, 6.45) is 0. The van der Waals surface area contributed by atoms with Crippen molar-refractivity contribution in [1.29, 1.82) is 0 Å². The van der Waals surface area contributed by atoms with E-state index in [4.69, 9.17) is 4.74 Å². The lowest BCUT2D eigenvalue weighted by Gasteiger charge is -2.30. The Morgan fingerprint density at radius 3 is 2.22 bits per heavy atom. The molecule has 18 heavy (non-hydrogen) atoms. The number of carbonyl (C=O) groups excluding carboxylic acids is 1. The molecule has 6 heteroatoms. The molecule has 0 spiro atoms. The van der Waals surface area contributed by atoms with Crippen LogP contribution in [0.4, 0.5) is 0 Å². The van der Waals surface area contributed by atoms with Crippen LogP contribution in [0.15, 0.2) is 0 Å². The number of piperazine rings is 2. The number of hydrogen-bond donors (Lipinski definition) is 3. The summed E-state index contributed by atoms with van der Waals surface area (Å²) in [6.45, 7) is 9.41. The van der Waals surface area contributed by atoms with Gasteiger partial charge in [0.25, 0.3) is 0 Å². The summed E-state index contributed by atoms with van der Waals surface area (Å²) in [5.41, 5.74) is 0. The number of rotatable bonds is 2. The highest BCUT2D eigenvalue weighted by atomic mass is 16.5. The van der Waals surface area contributed by atoms with E-state index in [-0.39, 0.29) is 12.0 Å². The molecule has 0 saturated carbocycles. The molecule has 0 amide bonds. The minimum atomic E-state index is -0.118. The van der Waals surface area contributed by atoms with E-state index in [0.29, 0.717) is 13.2 Å². The Morgan fingerprint density at radius 2 is 1.78 bits per heavy atom. The zero-order valence-electron chi connectivity index (χ0n) is 11.5. The molecule has 0 aliphatic carbocycles. The van der Waals surface area contributed by atoms with Gasteiger partial charge in [-0.25, -0.2) is 0 Å². The van der Waals surface area contributed by atoms with Crippen LogP contribution in [-0.4, -0.2) is 76.4 Å². The standard InChI is InChI=1S/C8H16N2O2.C4H10N2/c1-3-12-8(11)7-6-9-4-5-10(7)2;1-2-6-4-3-5-1/h7,9H,3-6H2,1-2H3;5-6H,1-4H2. The predicted octanol–water partition coefficient (Wildman–Crippen LogP) is -1.37. The molecule has 0 aromatic carbocycles. The Kier molecular flexibility index (Phi) is 7.91. The third-order valence-electron chi connectivity index (χ3n) is 3.03. The molecule has 2 rings (SSSR count). The van der Waals surface area contributed by atoms with E-state index in [1.54, 1.807) is 0 Å². The van der Waals surface area contributed by atoms with Crippen molar-refractivity contribution in [2.75, 3.05) is 59.5 Å². The van der Waals surface area contributed by atoms with Gasteiger partial charge in [-0.15, -0.1) is 0 Å². The maximum Gasteiger partial charge on any atom is 0.324 e. The number of ether oxygens (including phenoxy) is 1. The molecule has 0 aromatic heterocycles. The van der Waals surface area contributed by atoms with Gasteiger partial charge in [0.1, 0.15) is 6.04 Å². The summed E-state index contributed by atoms with van der Waals surface area (Å²) in [7, 11) is 1.95. The molecule has 2 aliphatic heterocycles. The molecule has 1 atom stereocenters. The fraction of sp³-hybridized carbons (Fsp3) is 0.917. The molecule has 2 aliphatic rings. The lowest BCUT2D eigenvalue weighted by molar-refractivity contribution is -0.149. The number of carbonyl (C=O) groups is 1. The quantitative estimate of drug-likeness (QED) is 0.531. The Balaban J connectivity index is 0.000000225. The Bertz CT molecular complexity index is 223. The molecular formula is C12H26N4O2. The number of nitrogens with one attached hydrogen (secondary N) is 3. The van der Waals surface area contributed by atoms with Crippen LogP contribution in [0.5, 0.6) is 0 Å². The number of likely N-dealkylation sites (N-methyl/N-ethyl adjacent to an activating group) is 1. The highest BCUT2D eigenvalue weighted by molar-refractivity contribution is 5.76. The SMILES string of the molecule is C1CNCCN1.CCOC(=O)C1CNCCN1C. The van der Waals surface area contributed by atoms with Crippen molar-refractivity contribution < 1.29 is 9.53 Å². The average molecular weight is 258 g/mol. The monoisotopic (exact) mass is 258 g/mol. The molecule has 6 nitrogen and oxygen atoms in total. The molecular weight excluding hydrogens is 232 g/mol.